The zero-order chi connectivity index (χ0) is 21.3. The van der Waals surface area contributed by atoms with Crippen LogP contribution in [0.5, 0.6) is 5.75 Å². The van der Waals surface area contributed by atoms with Crippen molar-refractivity contribution in [2.45, 2.75) is 65.2 Å². The Labute approximate surface area is 167 Å². The maximum Gasteiger partial charge on any atom is 0.410 e. The number of carbonyl (C=O) groups is 2. The molecule has 0 radical (unpaired) electrons. The second kappa shape index (κ2) is 7.53. The van der Waals surface area contributed by atoms with Gasteiger partial charge in [-0.2, -0.15) is 0 Å². The molecular formula is C21H32N2O5. The third-order valence-corrected chi connectivity index (χ3v) is 4.18. The number of benzene rings is 1. The number of carbonyl (C=O) groups excluding carboxylic acids is 2. The highest BCUT2D eigenvalue weighted by Crippen LogP contribution is 2.39. The molecule has 0 atom stereocenters. The van der Waals surface area contributed by atoms with E-state index in [0.29, 0.717) is 5.75 Å². The fourth-order valence-electron chi connectivity index (χ4n) is 3.07. The van der Waals surface area contributed by atoms with E-state index in [1.165, 1.54) is 0 Å². The Morgan fingerprint density at radius 3 is 2.11 bits per heavy atom. The first-order chi connectivity index (χ1) is 12.7. The average molecular weight is 392 g/mol. The molecule has 1 aromatic carbocycles. The Hall–Kier alpha value is -2.44. The van der Waals surface area contributed by atoms with Gasteiger partial charge in [-0.3, -0.25) is 0 Å². The Kier molecular flexibility index (Phi) is 5.87. The zero-order valence-electron chi connectivity index (χ0n) is 18.1. The Morgan fingerprint density at radius 1 is 1.04 bits per heavy atom. The molecule has 2 rings (SSSR count). The zero-order valence-corrected chi connectivity index (χ0v) is 18.1. The Balaban J connectivity index is 2.31. The molecular weight excluding hydrogens is 360 g/mol. The number of nitrogens with zero attached hydrogens (tertiary/aromatic N) is 1. The van der Waals surface area contributed by atoms with Crippen molar-refractivity contribution in [3.63, 3.8) is 0 Å². The van der Waals surface area contributed by atoms with E-state index >= 15 is 0 Å². The molecule has 1 aromatic rings. The molecule has 1 saturated heterocycles. The van der Waals surface area contributed by atoms with E-state index in [1.807, 2.05) is 45.9 Å². The summed E-state index contributed by atoms with van der Waals surface area (Å²) < 4.78 is 16.4. The lowest BCUT2D eigenvalue weighted by Gasteiger charge is -2.50. The number of hydrogen-bond donors (Lipinski definition) is 1. The van der Waals surface area contributed by atoms with Crippen LogP contribution < -0.4 is 10.1 Å². The average Bonchev–Trinajstić information content (AvgIpc) is 2.46. The molecule has 0 spiro atoms. The molecule has 1 aliphatic rings. The smallest absolute Gasteiger partial charge is 0.410 e. The van der Waals surface area contributed by atoms with Gasteiger partial charge in [0.1, 0.15) is 22.5 Å². The fourth-order valence-corrected chi connectivity index (χ4v) is 3.07. The number of ether oxygens (including phenoxy) is 3. The molecule has 1 N–H and O–H groups in total. The summed E-state index contributed by atoms with van der Waals surface area (Å²) in [6, 6.07) is 5.76. The van der Waals surface area contributed by atoms with Crippen molar-refractivity contribution in [2.24, 2.45) is 0 Å². The largest absolute Gasteiger partial charge is 0.496 e. The van der Waals surface area contributed by atoms with E-state index in [2.05, 4.69) is 5.32 Å². The van der Waals surface area contributed by atoms with E-state index < -0.39 is 28.9 Å². The van der Waals surface area contributed by atoms with Crippen molar-refractivity contribution < 1.29 is 23.8 Å². The number of likely N-dealkylation sites (tertiary alicyclic amines) is 1. The first-order valence-corrected chi connectivity index (χ1v) is 9.39. The van der Waals surface area contributed by atoms with E-state index in [9.17, 15) is 9.59 Å². The van der Waals surface area contributed by atoms with Gasteiger partial charge in [0.15, 0.2) is 0 Å². The number of nitrogens with one attached hydrogen (secondary N) is 1. The minimum atomic E-state index is -0.809. The van der Waals surface area contributed by atoms with Gasteiger partial charge < -0.3 is 24.4 Å². The highest BCUT2D eigenvalue weighted by Gasteiger charge is 2.51. The molecule has 0 bridgehead atoms. The SMILES string of the molecule is COc1ccc(C)cc1C1(NC(=O)OC(C)(C)C)CN(C(=O)OC(C)(C)C)C1. The monoisotopic (exact) mass is 392 g/mol. The number of aryl methyl sites for hydroxylation is 1. The summed E-state index contributed by atoms with van der Waals surface area (Å²) in [5.41, 5.74) is -0.195. The molecule has 0 aromatic heterocycles. The molecule has 0 saturated carbocycles. The van der Waals surface area contributed by atoms with E-state index in [-0.39, 0.29) is 13.1 Å². The number of methoxy groups -OCH3 is 1. The summed E-state index contributed by atoms with van der Waals surface area (Å²) in [4.78, 5) is 26.5. The second-order valence-corrected chi connectivity index (χ2v) is 9.25. The Morgan fingerprint density at radius 2 is 1.61 bits per heavy atom. The molecule has 7 nitrogen and oxygen atoms in total. The lowest BCUT2D eigenvalue weighted by Crippen LogP contribution is -2.69. The van der Waals surface area contributed by atoms with Gasteiger partial charge in [-0.15, -0.1) is 0 Å². The number of hydrogen-bond acceptors (Lipinski definition) is 5. The first-order valence-electron chi connectivity index (χ1n) is 9.39. The van der Waals surface area contributed by atoms with Crippen molar-refractivity contribution in [1.82, 2.24) is 10.2 Å². The number of rotatable bonds is 3. The lowest BCUT2D eigenvalue weighted by atomic mass is 9.81. The summed E-state index contributed by atoms with van der Waals surface area (Å²) in [6.07, 6.45) is -0.958. The van der Waals surface area contributed by atoms with Crippen molar-refractivity contribution in [3.8, 4) is 5.75 Å². The third kappa shape index (κ3) is 5.30. The van der Waals surface area contributed by atoms with E-state index in [1.54, 1.807) is 32.8 Å². The molecule has 156 valence electrons. The van der Waals surface area contributed by atoms with E-state index in [4.69, 9.17) is 14.2 Å². The van der Waals surface area contributed by atoms with Crippen molar-refractivity contribution in [1.29, 1.82) is 0 Å². The summed E-state index contributed by atoms with van der Waals surface area (Å²) in [5.74, 6) is 0.644. The summed E-state index contributed by atoms with van der Waals surface area (Å²) in [5, 5.41) is 2.96. The lowest BCUT2D eigenvalue weighted by molar-refractivity contribution is -0.0235. The van der Waals surface area contributed by atoms with Gasteiger partial charge in [0.05, 0.1) is 20.2 Å². The van der Waals surface area contributed by atoms with Crippen molar-refractivity contribution >= 4 is 12.2 Å². The van der Waals surface area contributed by atoms with E-state index in [0.717, 1.165) is 11.1 Å². The summed E-state index contributed by atoms with van der Waals surface area (Å²) in [7, 11) is 1.58. The van der Waals surface area contributed by atoms with Gasteiger partial charge in [0, 0.05) is 5.56 Å². The fraction of sp³-hybridized carbons (Fsp3) is 0.619. The van der Waals surface area contributed by atoms with Crippen LogP contribution in [0.25, 0.3) is 0 Å². The quantitative estimate of drug-likeness (QED) is 0.842. The van der Waals surface area contributed by atoms with Crippen LogP contribution in [0, 0.1) is 6.92 Å². The van der Waals surface area contributed by atoms with Crippen LogP contribution in [-0.4, -0.2) is 48.5 Å². The molecule has 1 aliphatic heterocycles. The standard InChI is InChI=1S/C21H32N2O5/c1-14-9-10-16(26-8)15(11-14)21(22-17(24)27-19(2,3)4)12-23(13-21)18(25)28-20(5,6)7/h9-11H,12-13H2,1-8H3,(H,22,24). The molecule has 1 fully saturated rings. The van der Waals surface area contributed by atoms with Crippen LogP contribution in [0.4, 0.5) is 9.59 Å². The topological polar surface area (TPSA) is 77.1 Å². The predicted molar refractivity (Wildman–Crippen MR) is 107 cm³/mol. The van der Waals surface area contributed by atoms with Crippen LogP contribution in [0.15, 0.2) is 18.2 Å². The van der Waals surface area contributed by atoms with Crippen LogP contribution >= 0.6 is 0 Å². The van der Waals surface area contributed by atoms with Gasteiger partial charge in [-0.25, -0.2) is 9.59 Å². The van der Waals surface area contributed by atoms with Gasteiger partial charge in [0.25, 0.3) is 0 Å². The van der Waals surface area contributed by atoms with Crippen molar-refractivity contribution in [2.75, 3.05) is 20.2 Å². The van der Waals surface area contributed by atoms with Crippen LogP contribution in [-0.2, 0) is 15.0 Å². The first kappa shape index (κ1) is 21.9. The maximum absolute atomic E-state index is 12.5. The molecule has 0 unspecified atom stereocenters. The molecule has 0 aliphatic carbocycles. The Bertz CT molecular complexity index is 740. The van der Waals surface area contributed by atoms with Crippen LogP contribution in [0.3, 0.4) is 0 Å². The molecule has 2 amide bonds. The molecule has 28 heavy (non-hydrogen) atoms. The third-order valence-electron chi connectivity index (χ3n) is 4.18. The van der Waals surface area contributed by atoms with Gasteiger partial charge in [-0.1, -0.05) is 11.6 Å². The van der Waals surface area contributed by atoms with Crippen molar-refractivity contribution in [3.05, 3.63) is 29.3 Å². The van der Waals surface area contributed by atoms with Gasteiger partial charge in [0.2, 0.25) is 0 Å². The predicted octanol–water partition coefficient (Wildman–Crippen LogP) is 3.97. The van der Waals surface area contributed by atoms with Gasteiger partial charge >= 0.3 is 12.2 Å². The highest BCUT2D eigenvalue weighted by molar-refractivity contribution is 5.74. The van der Waals surface area contributed by atoms with Gasteiger partial charge in [-0.05, 0) is 60.6 Å². The minimum Gasteiger partial charge on any atom is -0.496 e. The van der Waals surface area contributed by atoms with Crippen LogP contribution in [0.2, 0.25) is 0 Å². The van der Waals surface area contributed by atoms with Crippen LogP contribution in [0.1, 0.15) is 52.7 Å². The summed E-state index contributed by atoms with van der Waals surface area (Å²) >= 11 is 0. The number of alkyl carbamates (subject to hydrolysis) is 1. The second-order valence-electron chi connectivity index (χ2n) is 9.25. The maximum atomic E-state index is 12.5. The normalized spacial score (nSPS) is 16.1. The highest BCUT2D eigenvalue weighted by atomic mass is 16.6. The molecule has 1 heterocycles. The minimum absolute atomic E-state index is 0.265. The number of amides is 2. The molecule has 7 heteroatoms. The summed E-state index contributed by atoms with van der Waals surface area (Å²) in [6.45, 7) is 13.4.